The van der Waals surface area contributed by atoms with Gasteiger partial charge in [0.25, 0.3) is 0 Å². The molecule has 2 aliphatic rings. The summed E-state index contributed by atoms with van der Waals surface area (Å²) in [6.45, 7) is 4.76. The van der Waals surface area contributed by atoms with Crippen LogP contribution in [0.1, 0.15) is 31.2 Å². The zero-order valence-corrected chi connectivity index (χ0v) is 12.5. The lowest BCUT2D eigenvalue weighted by Crippen LogP contribution is -2.50. The summed E-state index contributed by atoms with van der Waals surface area (Å²) >= 11 is 0. The van der Waals surface area contributed by atoms with Gasteiger partial charge in [0.15, 0.2) is 0 Å². The van der Waals surface area contributed by atoms with E-state index in [0.717, 1.165) is 36.5 Å². The molecule has 21 heavy (non-hydrogen) atoms. The van der Waals surface area contributed by atoms with E-state index >= 15 is 0 Å². The van der Waals surface area contributed by atoms with Crippen LogP contribution in [0.3, 0.4) is 0 Å². The molecule has 0 N–H and O–H groups in total. The van der Waals surface area contributed by atoms with Crippen LogP contribution < -0.4 is 4.90 Å². The smallest absolute Gasteiger partial charge is 0.148 e. The fourth-order valence-electron chi connectivity index (χ4n) is 3.63. The summed E-state index contributed by atoms with van der Waals surface area (Å²) in [7, 11) is 0. The number of hydrogen-bond donors (Lipinski definition) is 0. The van der Waals surface area contributed by atoms with Crippen LogP contribution in [0.5, 0.6) is 0 Å². The predicted molar refractivity (Wildman–Crippen MR) is 83.6 cm³/mol. The Kier molecular flexibility index (Phi) is 3.07. The van der Waals surface area contributed by atoms with E-state index in [0.29, 0.717) is 0 Å². The van der Waals surface area contributed by atoms with E-state index in [-0.39, 0.29) is 5.60 Å². The Balaban J connectivity index is 1.66. The van der Waals surface area contributed by atoms with Crippen molar-refractivity contribution in [1.82, 2.24) is 9.97 Å². The molecule has 4 nitrogen and oxygen atoms in total. The van der Waals surface area contributed by atoms with Crippen LogP contribution in [0.2, 0.25) is 0 Å². The van der Waals surface area contributed by atoms with Crippen molar-refractivity contribution in [3.8, 4) is 0 Å². The van der Waals surface area contributed by atoms with Crippen LogP contribution in [0, 0.1) is 6.92 Å². The molecular formula is C17H21N3O. The van der Waals surface area contributed by atoms with Crippen LogP contribution in [-0.2, 0) is 4.74 Å². The van der Waals surface area contributed by atoms with Crippen LogP contribution >= 0.6 is 0 Å². The minimum Gasteiger partial charge on any atom is -0.371 e. The number of benzene rings is 1. The number of morpholine rings is 1. The molecule has 1 aromatic carbocycles. The van der Waals surface area contributed by atoms with E-state index in [9.17, 15) is 0 Å². The molecule has 0 radical (unpaired) electrons. The second-order valence-electron chi connectivity index (χ2n) is 6.38. The highest BCUT2D eigenvalue weighted by Gasteiger charge is 2.39. The zero-order chi connectivity index (χ0) is 14.3. The van der Waals surface area contributed by atoms with Crippen molar-refractivity contribution in [2.24, 2.45) is 0 Å². The van der Waals surface area contributed by atoms with E-state index in [1.54, 1.807) is 0 Å². The lowest BCUT2D eigenvalue weighted by Gasteiger charge is -2.41. The minimum atomic E-state index is 0.0709. The maximum Gasteiger partial charge on any atom is 0.148 e. The zero-order valence-electron chi connectivity index (χ0n) is 12.5. The Morgan fingerprint density at radius 3 is 2.90 bits per heavy atom. The molecule has 2 aromatic rings. The van der Waals surface area contributed by atoms with Gasteiger partial charge in [-0.1, -0.05) is 18.9 Å². The Morgan fingerprint density at radius 1 is 1.19 bits per heavy atom. The summed E-state index contributed by atoms with van der Waals surface area (Å²) in [6.07, 6.45) is 6.85. The molecule has 0 bridgehead atoms. The Labute approximate surface area is 125 Å². The van der Waals surface area contributed by atoms with E-state index in [2.05, 4.69) is 28.9 Å². The normalized spacial score (nSPS) is 21.3. The van der Waals surface area contributed by atoms with Crippen LogP contribution in [-0.4, -0.2) is 35.3 Å². The number of fused-ring (bicyclic) bond motifs is 1. The molecule has 4 rings (SSSR count). The number of rotatable bonds is 1. The Hall–Kier alpha value is -1.68. The third kappa shape index (κ3) is 2.38. The summed E-state index contributed by atoms with van der Waals surface area (Å²) in [6, 6.07) is 6.23. The first-order valence-electron chi connectivity index (χ1n) is 7.87. The van der Waals surface area contributed by atoms with Crippen molar-refractivity contribution < 1.29 is 4.74 Å². The number of aryl methyl sites for hydroxylation is 1. The minimum absolute atomic E-state index is 0.0709. The van der Waals surface area contributed by atoms with Gasteiger partial charge in [-0.2, -0.15) is 0 Å². The average molecular weight is 283 g/mol. The van der Waals surface area contributed by atoms with Crippen LogP contribution in [0.25, 0.3) is 11.0 Å². The lowest BCUT2D eigenvalue weighted by atomic mass is 10.00. The monoisotopic (exact) mass is 283 g/mol. The molecule has 1 saturated carbocycles. The SMILES string of the molecule is Cc1ccc2ncc(N3CCOC4(CCCC4)C3)nc2c1. The molecule has 1 aliphatic carbocycles. The van der Waals surface area contributed by atoms with Gasteiger partial charge in [-0.05, 0) is 37.5 Å². The lowest BCUT2D eigenvalue weighted by molar-refractivity contribution is -0.0503. The third-order valence-electron chi connectivity index (χ3n) is 4.77. The van der Waals surface area contributed by atoms with Crippen molar-refractivity contribution in [3.05, 3.63) is 30.0 Å². The second-order valence-corrected chi connectivity index (χ2v) is 6.38. The quantitative estimate of drug-likeness (QED) is 0.806. The van der Waals surface area contributed by atoms with Gasteiger partial charge in [0.1, 0.15) is 5.82 Å². The molecular weight excluding hydrogens is 262 g/mol. The molecule has 0 unspecified atom stereocenters. The van der Waals surface area contributed by atoms with Gasteiger partial charge in [0, 0.05) is 13.1 Å². The van der Waals surface area contributed by atoms with Gasteiger partial charge >= 0.3 is 0 Å². The van der Waals surface area contributed by atoms with Gasteiger partial charge in [0.2, 0.25) is 0 Å². The van der Waals surface area contributed by atoms with Crippen molar-refractivity contribution >= 4 is 16.9 Å². The van der Waals surface area contributed by atoms with E-state index in [4.69, 9.17) is 9.72 Å². The van der Waals surface area contributed by atoms with Gasteiger partial charge in [-0.3, -0.25) is 4.98 Å². The topological polar surface area (TPSA) is 38.2 Å². The number of ether oxygens (including phenoxy) is 1. The Bertz CT molecular complexity index is 664. The van der Waals surface area contributed by atoms with Crippen molar-refractivity contribution in [2.75, 3.05) is 24.6 Å². The summed E-state index contributed by atoms with van der Waals surface area (Å²) in [5.74, 6) is 0.989. The van der Waals surface area contributed by atoms with E-state index < -0.39 is 0 Å². The third-order valence-corrected chi connectivity index (χ3v) is 4.77. The van der Waals surface area contributed by atoms with Gasteiger partial charge in [0.05, 0.1) is 29.4 Å². The molecule has 1 saturated heterocycles. The van der Waals surface area contributed by atoms with Crippen molar-refractivity contribution in [2.45, 2.75) is 38.2 Å². The average Bonchev–Trinajstić information content (AvgIpc) is 2.94. The van der Waals surface area contributed by atoms with Crippen LogP contribution in [0.15, 0.2) is 24.4 Å². The highest BCUT2D eigenvalue weighted by molar-refractivity contribution is 5.76. The molecule has 1 spiro atoms. The summed E-state index contributed by atoms with van der Waals surface area (Å²) in [4.78, 5) is 11.7. The first-order chi connectivity index (χ1) is 10.2. The number of hydrogen-bond acceptors (Lipinski definition) is 4. The molecule has 2 fully saturated rings. The molecule has 4 heteroatoms. The maximum atomic E-state index is 6.09. The van der Waals surface area contributed by atoms with Gasteiger partial charge in [-0.15, -0.1) is 0 Å². The van der Waals surface area contributed by atoms with Gasteiger partial charge in [-0.25, -0.2) is 4.98 Å². The van der Waals surface area contributed by atoms with Gasteiger partial charge < -0.3 is 9.64 Å². The van der Waals surface area contributed by atoms with Crippen molar-refractivity contribution in [1.29, 1.82) is 0 Å². The molecule has 2 heterocycles. The largest absolute Gasteiger partial charge is 0.371 e. The van der Waals surface area contributed by atoms with E-state index in [1.807, 2.05) is 12.3 Å². The first kappa shape index (κ1) is 13.0. The fraction of sp³-hybridized carbons (Fsp3) is 0.529. The molecule has 0 atom stereocenters. The summed E-state index contributed by atoms with van der Waals surface area (Å²) in [5.41, 5.74) is 3.25. The maximum absolute atomic E-state index is 6.09. The second kappa shape index (κ2) is 4.95. The molecule has 110 valence electrons. The summed E-state index contributed by atoms with van der Waals surface area (Å²) in [5, 5.41) is 0. The Morgan fingerprint density at radius 2 is 2.05 bits per heavy atom. The number of nitrogens with zero attached hydrogens (tertiary/aromatic N) is 3. The number of anilines is 1. The van der Waals surface area contributed by atoms with Crippen molar-refractivity contribution in [3.63, 3.8) is 0 Å². The standard InChI is InChI=1S/C17H21N3O/c1-13-4-5-14-15(10-13)19-16(11-18-14)20-8-9-21-17(12-20)6-2-3-7-17/h4-5,10-11H,2-3,6-9,12H2,1H3. The first-order valence-corrected chi connectivity index (χ1v) is 7.87. The molecule has 0 amide bonds. The summed E-state index contributed by atoms with van der Waals surface area (Å²) < 4.78 is 6.09. The fourth-order valence-corrected chi connectivity index (χ4v) is 3.63. The van der Waals surface area contributed by atoms with Crippen LogP contribution in [0.4, 0.5) is 5.82 Å². The van der Waals surface area contributed by atoms with E-state index in [1.165, 1.54) is 31.2 Å². The predicted octanol–water partition coefficient (Wildman–Crippen LogP) is 3.09. The highest BCUT2D eigenvalue weighted by Crippen LogP contribution is 2.36. The number of aromatic nitrogens is 2. The molecule has 1 aromatic heterocycles. The molecule has 1 aliphatic heterocycles. The highest BCUT2D eigenvalue weighted by atomic mass is 16.5.